The molecule has 240 valence electrons. The number of likely N-dealkylation sites (tertiary alicyclic amines) is 1. The lowest BCUT2D eigenvalue weighted by molar-refractivity contribution is -0.136. The number of piperidine rings is 1. The third-order valence-corrected chi connectivity index (χ3v) is 10.5. The lowest BCUT2D eigenvalue weighted by Crippen LogP contribution is -2.60. The van der Waals surface area contributed by atoms with Crippen molar-refractivity contribution in [1.82, 2.24) is 20.0 Å². The van der Waals surface area contributed by atoms with E-state index in [1.807, 2.05) is 50.5 Å². The quantitative estimate of drug-likeness (QED) is 0.339. The van der Waals surface area contributed by atoms with Crippen molar-refractivity contribution in [3.05, 3.63) is 64.7 Å². The Morgan fingerprint density at radius 1 is 0.932 bits per heavy atom. The number of phenolic OH excluding ortho intramolecular Hbond substituents is 1. The van der Waals surface area contributed by atoms with Gasteiger partial charge in [0.05, 0.1) is 6.04 Å². The van der Waals surface area contributed by atoms with Crippen LogP contribution in [0.5, 0.6) is 5.75 Å². The molecular weight excluding hydrogens is 572 g/mol. The number of aromatic hydroxyl groups is 1. The molecule has 7 nitrogen and oxygen atoms in total. The second kappa shape index (κ2) is 15.0. The summed E-state index contributed by atoms with van der Waals surface area (Å²) >= 11 is 6.18. The summed E-state index contributed by atoms with van der Waals surface area (Å²) in [6, 6.07) is 16.0. The minimum atomic E-state index is -0.312. The number of nitrogens with one attached hydrogen (secondary N) is 1. The number of hydrogen-bond acceptors (Lipinski definition) is 4. The molecule has 3 amide bonds. The second-order valence-electron chi connectivity index (χ2n) is 13.7. The summed E-state index contributed by atoms with van der Waals surface area (Å²) in [5.74, 6) is 1.15. The number of nitrogens with zero attached hydrogens (tertiary/aromatic N) is 3. The van der Waals surface area contributed by atoms with Crippen LogP contribution in [0.1, 0.15) is 88.2 Å². The molecule has 2 aromatic carbocycles. The number of halogens is 1. The molecule has 8 heteroatoms. The summed E-state index contributed by atoms with van der Waals surface area (Å²) in [5.41, 5.74) is 2.38. The van der Waals surface area contributed by atoms with E-state index in [4.69, 9.17) is 11.6 Å². The van der Waals surface area contributed by atoms with Crippen LogP contribution in [-0.2, 0) is 11.2 Å². The average molecular weight is 623 g/mol. The third kappa shape index (κ3) is 8.08. The number of phenols is 1. The SMILES string of the molecule is CC1CN(C(=O)[C@H](Cc2ccc(Cl)cc2)NC2CCC(c3ccc(O)cc3)CC2)CCC1N(C(=O)N(C)C)C1CCCCC1. The van der Waals surface area contributed by atoms with Crippen molar-refractivity contribution in [1.29, 1.82) is 0 Å². The zero-order valence-electron chi connectivity index (χ0n) is 26.8. The van der Waals surface area contributed by atoms with Crippen molar-refractivity contribution in [2.24, 2.45) is 5.92 Å². The van der Waals surface area contributed by atoms with Crippen LogP contribution in [0, 0.1) is 5.92 Å². The van der Waals surface area contributed by atoms with E-state index in [1.165, 1.54) is 24.8 Å². The van der Waals surface area contributed by atoms with Gasteiger partial charge in [-0.1, -0.05) is 62.1 Å². The largest absolute Gasteiger partial charge is 0.508 e. The van der Waals surface area contributed by atoms with Crippen molar-refractivity contribution in [2.75, 3.05) is 27.2 Å². The lowest BCUT2D eigenvalue weighted by Gasteiger charge is -2.48. The van der Waals surface area contributed by atoms with Gasteiger partial charge in [-0.05, 0) is 98.6 Å². The van der Waals surface area contributed by atoms with Gasteiger partial charge in [-0.15, -0.1) is 0 Å². The molecule has 2 aromatic rings. The average Bonchev–Trinajstić information content (AvgIpc) is 3.03. The molecule has 0 aromatic heterocycles. The molecule has 2 N–H and O–H groups in total. The zero-order chi connectivity index (χ0) is 31.2. The maximum Gasteiger partial charge on any atom is 0.319 e. The van der Waals surface area contributed by atoms with Gasteiger partial charge in [0, 0.05) is 50.3 Å². The van der Waals surface area contributed by atoms with Crippen LogP contribution in [0.3, 0.4) is 0 Å². The molecule has 1 saturated heterocycles. The van der Waals surface area contributed by atoms with Gasteiger partial charge in [-0.3, -0.25) is 4.79 Å². The topological polar surface area (TPSA) is 76.1 Å². The van der Waals surface area contributed by atoms with E-state index < -0.39 is 0 Å². The molecule has 1 aliphatic heterocycles. The van der Waals surface area contributed by atoms with Gasteiger partial charge in [0.25, 0.3) is 0 Å². The first-order valence-electron chi connectivity index (χ1n) is 16.8. The fourth-order valence-electron chi connectivity index (χ4n) is 7.82. The minimum absolute atomic E-state index is 0.110. The maximum atomic E-state index is 14.3. The van der Waals surface area contributed by atoms with Gasteiger partial charge < -0.3 is 25.1 Å². The van der Waals surface area contributed by atoms with Crippen LogP contribution < -0.4 is 5.32 Å². The first-order chi connectivity index (χ1) is 21.2. The Hall–Kier alpha value is -2.77. The van der Waals surface area contributed by atoms with Crippen molar-refractivity contribution in [3.8, 4) is 5.75 Å². The Bertz CT molecular complexity index is 1220. The van der Waals surface area contributed by atoms with Crippen LogP contribution in [-0.4, -0.2) is 83.1 Å². The normalized spacial score (nSPS) is 25.3. The van der Waals surface area contributed by atoms with Gasteiger partial charge >= 0.3 is 6.03 Å². The van der Waals surface area contributed by atoms with Crippen LogP contribution in [0.2, 0.25) is 5.02 Å². The maximum absolute atomic E-state index is 14.3. The molecule has 3 fully saturated rings. The first-order valence-corrected chi connectivity index (χ1v) is 17.1. The van der Waals surface area contributed by atoms with Crippen LogP contribution >= 0.6 is 11.6 Å². The van der Waals surface area contributed by atoms with E-state index >= 15 is 0 Å². The highest BCUT2D eigenvalue weighted by Crippen LogP contribution is 2.35. The smallest absolute Gasteiger partial charge is 0.319 e. The number of rotatable bonds is 8. The number of urea groups is 1. The standard InChI is InChI=1S/C36H51ClN4O3/c1-25-24-40(22-21-34(25)41(36(44)39(2)3)31-7-5-4-6-8-31)35(43)33(23-26-9-15-29(37)16-10-26)38-30-17-11-27(12-18-30)28-13-19-32(42)20-14-28/h9-10,13-16,19-20,25,27,30-31,33-34,38,42H,4-8,11-12,17-18,21-24H2,1-3H3/t25?,27?,30?,33-,34?/m0/s1. The van der Waals surface area contributed by atoms with E-state index in [9.17, 15) is 14.7 Å². The second-order valence-corrected chi connectivity index (χ2v) is 14.1. The summed E-state index contributed by atoms with van der Waals surface area (Å²) in [4.78, 5) is 33.6. The molecule has 0 bridgehead atoms. The number of hydrogen-bond donors (Lipinski definition) is 2. The Morgan fingerprint density at radius 2 is 1.59 bits per heavy atom. The summed E-state index contributed by atoms with van der Waals surface area (Å²) in [5, 5.41) is 14.2. The fourth-order valence-corrected chi connectivity index (χ4v) is 7.95. The Balaban J connectivity index is 1.26. The molecule has 5 rings (SSSR count). The Morgan fingerprint density at radius 3 is 2.20 bits per heavy atom. The monoisotopic (exact) mass is 622 g/mol. The summed E-state index contributed by atoms with van der Waals surface area (Å²) in [7, 11) is 3.71. The van der Waals surface area contributed by atoms with Gasteiger partial charge in [0.1, 0.15) is 5.75 Å². The van der Waals surface area contributed by atoms with Gasteiger partial charge in [0.2, 0.25) is 5.91 Å². The molecule has 0 radical (unpaired) electrons. The molecular formula is C36H51ClN4O3. The molecule has 0 spiro atoms. The van der Waals surface area contributed by atoms with Gasteiger partial charge in [-0.25, -0.2) is 4.79 Å². The van der Waals surface area contributed by atoms with Gasteiger partial charge in [0.15, 0.2) is 0 Å². The molecule has 2 saturated carbocycles. The van der Waals surface area contributed by atoms with E-state index in [2.05, 4.69) is 22.0 Å². The highest BCUT2D eigenvalue weighted by atomic mass is 35.5. The molecule has 2 unspecified atom stereocenters. The van der Waals surface area contributed by atoms with Crippen LogP contribution in [0.15, 0.2) is 48.5 Å². The fraction of sp³-hybridized carbons (Fsp3) is 0.611. The van der Waals surface area contributed by atoms with Crippen LogP contribution in [0.4, 0.5) is 4.79 Å². The lowest BCUT2D eigenvalue weighted by atomic mass is 9.81. The first kappa shape index (κ1) is 32.6. The van der Waals surface area contributed by atoms with Crippen molar-refractivity contribution in [2.45, 2.75) is 108 Å². The summed E-state index contributed by atoms with van der Waals surface area (Å²) < 4.78 is 0. The van der Waals surface area contributed by atoms with Gasteiger partial charge in [-0.2, -0.15) is 0 Å². The number of amides is 3. The van der Waals surface area contributed by atoms with Crippen molar-refractivity contribution in [3.63, 3.8) is 0 Å². The highest BCUT2D eigenvalue weighted by molar-refractivity contribution is 6.30. The number of carbonyl (C=O) groups excluding carboxylic acids is 2. The molecule has 44 heavy (non-hydrogen) atoms. The summed E-state index contributed by atoms with van der Waals surface area (Å²) in [6.45, 7) is 3.55. The highest BCUT2D eigenvalue weighted by Gasteiger charge is 2.40. The molecule has 1 heterocycles. The Kier molecular flexibility index (Phi) is 11.1. The predicted molar refractivity (Wildman–Crippen MR) is 177 cm³/mol. The van der Waals surface area contributed by atoms with E-state index in [0.29, 0.717) is 42.2 Å². The number of carbonyl (C=O) groups is 2. The predicted octanol–water partition coefficient (Wildman–Crippen LogP) is 6.83. The van der Waals surface area contributed by atoms with E-state index in [0.717, 1.165) is 50.5 Å². The van der Waals surface area contributed by atoms with E-state index in [-0.39, 0.29) is 36.0 Å². The minimum Gasteiger partial charge on any atom is -0.508 e. The third-order valence-electron chi connectivity index (χ3n) is 10.3. The Labute approximate surface area is 268 Å². The molecule has 2 aliphatic carbocycles. The van der Waals surface area contributed by atoms with Crippen LogP contribution in [0.25, 0.3) is 0 Å². The van der Waals surface area contributed by atoms with Crippen molar-refractivity contribution < 1.29 is 14.7 Å². The molecule has 3 aliphatic rings. The zero-order valence-corrected chi connectivity index (χ0v) is 27.5. The number of benzene rings is 2. The summed E-state index contributed by atoms with van der Waals surface area (Å²) in [6.07, 6.45) is 11.3. The van der Waals surface area contributed by atoms with Crippen molar-refractivity contribution >= 4 is 23.5 Å². The van der Waals surface area contributed by atoms with E-state index in [1.54, 1.807) is 17.0 Å². The molecule has 3 atom stereocenters.